The number of nitrogens with two attached hydrogens (primary N) is 1. The van der Waals surface area contributed by atoms with E-state index in [1.54, 1.807) is 6.07 Å². The minimum Gasteiger partial charge on any atom is -0.485 e. The molecule has 1 amide bonds. The fraction of sp³-hybridized carbons (Fsp3) is 0.267. The Bertz CT molecular complexity index is 609. The van der Waals surface area contributed by atoms with Gasteiger partial charge < -0.3 is 9.15 Å². The Hall–Kier alpha value is -2.27. The SMILES string of the molecule is Cc1cc(C)c(OCc2occc2C(=O)NN)c(C)c1. The highest BCUT2D eigenvalue weighted by Crippen LogP contribution is 2.26. The standard InChI is InChI=1S/C15H18N2O3/c1-9-6-10(2)14(11(3)7-9)20-8-13-12(4-5-19-13)15(18)17-16/h4-7H,8,16H2,1-3H3,(H,17,18). The van der Waals surface area contributed by atoms with Crippen LogP contribution in [0.5, 0.6) is 5.75 Å². The van der Waals surface area contributed by atoms with Crippen molar-refractivity contribution in [2.75, 3.05) is 0 Å². The fourth-order valence-corrected chi connectivity index (χ4v) is 2.26. The van der Waals surface area contributed by atoms with E-state index >= 15 is 0 Å². The summed E-state index contributed by atoms with van der Waals surface area (Å²) in [4.78, 5) is 11.5. The van der Waals surface area contributed by atoms with E-state index in [0.717, 1.165) is 16.9 Å². The lowest BCUT2D eigenvalue weighted by molar-refractivity contribution is 0.0949. The molecule has 2 rings (SSSR count). The molecule has 0 spiro atoms. The molecule has 0 aliphatic carbocycles. The second-order valence-electron chi connectivity index (χ2n) is 4.75. The third-order valence-electron chi connectivity index (χ3n) is 3.07. The summed E-state index contributed by atoms with van der Waals surface area (Å²) in [5.74, 6) is 5.99. The zero-order chi connectivity index (χ0) is 14.7. The van der Waals surface area contributed by atoms with E-state index in [1.807, 2.05) is 20.8 Å². The Balaban J connectivity index is 2.18. The Kier molecular flexibility index (Phi) is 4.10. The van der Waals surface area contributed by atoms with Crippen molar-refractivity contribution in [1.82, 2.24) is 5.43 Å². The molecule has 0 aliphatic heterocycles. The summed E-state index contributed by atoms with van der Waals surface area (Å²) in [5.41, 5.74) is 5.76. The van der Waals surface area contributed by atoms with Gasteiger partial charge in [-0.15, -0.1) is 0 Å². The number of carbonyl (C=O) groups excluding carboxylic acids is 1. The van der Waals surface area contributed by atoms with Crippen LogP contribution in [0.3, 0.4) is 0 Å². The molecule has 0 unspecified atom stereocenters. The first-order chi connectivity index (χ1) is 9.52. The van der Waals surface area contributed by atoms with E-state index in [-0.39, 0.29) is 6.61 Å². The van der Waals surface area contributed by atoms with E-state index in [9.17, 15) is 4.79 Å². The zero-order valence-electron chi connectivity index (χ0n) is 11.8. The van der Waals surface area contributed by atoms with Crippen molar-refractivity contribution in [3.05, 3.63) is 52.5 Å². The molecule has 0 radical (unpaired) electrons. The van der Waals surface area contributed by atoms with Gasteiger partial charge in [-0.2, -0.15) is 0 Å². The fourth-order valence-electron chi connectivity index (χ4n) is 2.26. The van der Waals surface area contributed by atoms with E-state index in [2.05, 4.69) is 17.6 Å². The number of hydrazine groups is 1. The first-order valence-electron chi connectivity index (χ1n) is 6.31. The number of benzene rings is 1. The molecule has 0 atom stereocenters. The van der Waals surface area contributed by atoms with Gasteiger partial charge in [0.25, 0.3) is 5.91 Å². The maximum absolute atomic E-state index is 11.5. The molecule has 5 heteroatoms. The minimum absolute atomic E-state index is 0.181. The van der Waals surface area contributed by atoms with Crippen molar-refractivity contribution >= 4 is 5.91 Å². The maximum atomic E-state index is 11.5. The van der Waals surface area contributed by atoms with Crippen LogP contribution < -0.4 is 16.0 Å². The Morgan fingerprint density at radius 3 is 2.55 bits per heavy atom. The molecule has 0 saturated carbocycles. The lowest BCUT2D eigenvalue weighted by atomic mass is 10.1. The molecule has 0 aliphatic rings. The number of nitrogens with one attached hydrogen (secondary N) is 1. The molecule has 0 fully saturated rings. The first kappa shape index (κ1) is 14.1. The van der Waals surface area contributed by atoms with Crippen LogP contribution in [0.2, 0.25) is 0 Å². The number of amides is 1. The highest BCUT2D eigenvalue weighted by atomic mass is 16.5. The number of ether oxygens (including phenoxy) is 1. The zero-order valence-corrected chi connectivity index (χ0v) is 11.8. The Morgan fingerprint density at radius 1 is 1.30 bits per heavy atom. The van der Waals surface area contributed by atoms with Gasteiger partial charge in [-0.05, 0) is 38.0 Å². The number of hydrogen-bond acceptors (Lipinski definition) is 4. The number of aryl methyl sites for hydroxylation is 3. The second kappa shape index (κ2) is 5.79. The monoisotopic (exact) mass is 274 g/mol. The summed E-state index contributed by atoms with van der Waals surface area (Å²) in [5, 5.41) is 0. The Morgan fingerprint density at radius 2 is 1.95 bits per heavy atom. The van der Waals surface area contributed by atoms with Crippen LogP contribution in [-0.4, -0.2) is 5.91 Å². The molecular formula is C15H18N2O3. The number of furan rings is 1. The van der Waals surface area contributed by atoms with Crippen LogP contribution in [-0.2, 0) is 6.61 Å². The average molecular weight is 274 g/mol. The average Bonchev–Trinajstić information content (AvgIpc) is 2.85. The van der Waals surface area contributed by atoms with Crippen molar-refractivity contribution < 1.29 is 13.9 Å². The summed E-state index contributed by atoms with van der Waals surface area (Å²) in [6.07, 6.45) is 1.44. The molecule has 106 valence electrons. The number of hydrogen-bond donors (Lipinski definition) is 2. The smallest absolute Gasteiger partial charge is 0.268 e. The number of nitrogen functional groups attached to an aromatic ring is 1. The third kappa shape index (κ3) is 2.83. The molecule has 3 N–H and O–H groups in total. The molecule has 0 bridgehead atoms. The summed E-state index contributed by atoms with van der Waals surface area (Å²) in [6.45, 7) is 6.20. The van der Waals surface area contributed by atoms with Gasteiger partial charge in [-0.1, -0.05) is 17.7 Å². The molecular weight excluding hydrogens is 256 g/mol. The van der Waals surface area contributed by atoms with E-state index in [4.69, 9.17) is 15.0 Å². The van der Waals surface area contributed by atoms with Crippen molar-refractivity contribution in [3.8, 4) is 5.75 Å². The first-order valence-corrected chi connectivity index (χ1v) is 6.31. The molecule has 20 heavy (non-hydrogen) atoms. The quantitative estimate of drug-likeness (QED) is 0.510. The van der Waals surface area contributed by atoms with E-state index < -0.39 is 5.91 Å². The van der Waals surface area contributed by atoms with Crippen LogP contribution in [0.4, 0.5) is 0 Å². The molecule has 1 aromatic carbocycles. The van der Waals surface area contributed by atoms with Gasteiger partial charge in [0.15, 0.2) is 5.76 Å². The third-order valence-corrected chi connectivity index (χ3v) is 3.07. The Labute approximate surface area is 117 Å². The minimum atomic E-state index is -0.394. The van der Waals surface area contributed by atoms with Crippen molar-refractivity contribution in [3.63, 3.8) is 0 Å². The summed E-state index contributed by atoms with van der Waals surface area (Å²) >= 11 is 0. The lowest BCUT2D eigenvalue weighted by Gasteiger charge is -2.12. The summed E-state index contributed by atoms with van der Waals surface area (Å²) in [7, 11) is 0. The highest BCUT2D eigenvalue weighted by Gasteiger charge is 2.15. The van der Waals surface area contributed by atoms with Crippen LogP contribution >= 0.6 is 0 Å². The van der Waals surface area contributed by atoms with E-state index in [1.165, 1.54) is 11.8 Å². The van der Waals surface area contributed by atoms with Gasteiger partial charge >= 0.3 is 0 Å². The largest absolute Gasteiger partial charge is 0.485 e. The number of carbonyl (C=O) groups is 1. The predicted octanol–water partition coefficient (Wildman–Crippen LogP) is 2.39. The predicted molar refractivity (Wildman–Crippen MR) is 75.3 cm³/mol. The van der Waals surface area contributed by atoms with Gasteiger partial charge in [0, 0.05) is 0 Å². The van der Waals surface area contributed by atoms with Crippen LogP contribution in [0.15, 0.2) is 28.9 Å². The van der Waals surface area contributed by atoms with Gasteiger partial charge in [0.05, 0.1) is 11.8 Å². The summed E-state index contributed by atoms with van der Waals surface area (Å²) in [6, 6.07) is 5.67. The molecule has 1 aromatic heterocycles. The topological polar surface area (TPSA) is 77.5 Å². The van der Waals surface area contributed by atoms with Crippen molar-refractivity contribution in [2.45, 2.75) is 27.4 Å². The maximum Gasteiger partial charge on any atom is 0.268 e. The van der Waals surface area contributed by atoms with Crippen LogP contribution in [0, 0.1) is 20.8 Å². The van der Waals surface area contributed by atoms with Crippen molar-refractivity contribution in [1.29, 1.82) is 0 Å². The highest BCUT2D eigenvalue weighted by molar-refractivity contribution is 5.94. The van der Waals surface area contributed by atoms with Crippen molar-refractivity contribution in [2.24, 2.45) is 5.84 Å². The number of rotatable bonds is 4. The van der Waals surface area contributed by atoms with E-state index in [0.29, 0.717) is 11.3 Å². The lowest BCUT2D eigenvalue weighted by Crippen LogP contribution is -2.30. The van der Waals surface area contributed by atoms with Gasteiger partial charge in [0.1, 0.15) is 12.4 Å². The molecule has 0 saturated heterocycles. The molecule has 5 nitrogen and oxygen atoms in total. The van der Waals surface area contributed by atoms with Gasteiger partial charge in [0.2, 0.25) is 0 Å². The molecule has 1 heterocycles. The molecule has 2 aromatic rings. The van der Waals surface area contributed by atoms with Gasteiger partial charge in [-0.3, -0.25) is 10.2 Å². The second-order valence-corrected chi connectivity index (χ2v) is 4.75. The van der Waals surface area contributed by atoms with Gasteiger partial charge in [-0.25, -0.2) is 5.84 Å². The van der Waals surface area contributed by atoms with Crippen LogP contribution in [0.1, 0.15) is 32.8 Å². The normalized spacial score (nSPS) is 10.4. The van der Waals surface area contributed by atoms with Crippen LogP contribution in [0.25, 0.3) is 0 Å². The summed E-state index contributed by atoms with van der Waals surface area (Å²) < 4.78 is 11.1.